The molecule has 0 atom stereocenters. The van der Waals surface area contributed by atoms with E-state index in [2.05, 4.69) is 9.47 Å². The molecule has 0 aromatic heterocycles. The standard InChI is InChI=1S/C14H18FNO6S/c1-4-21-13(17)12(14(18)22-5-2)16-23(19,20)11-8-10(15)7-6-9(11)3/h6-8,12,16H,4-5H2,1-3H3. The molecule has 0 radical (unpaired) electrons. The van der Waals surface area contributed by atoms with Crippen molar-refractivity contribution in [1.29, 1.82) is 0 Å². The molecule has 0 saturated carbocycles. The van der Waals surface area contributed by atoms with Crippen LogP contribution in [0, 0.1) is 12.7 Å². The molecule has 0 aliphatic carbocycles. The van der Waals surface area contributed by atoms with E-state index in [0.29, 0.717) is 0 Å². The average Bonchev–Trinajstić information content (AvgIpc) is 2.47. The van der Waals surface area contributed by atoms with Crippen LogP contribution in [0.25, 0.3) is 0 Å². The summed E-state index contributed by atoms with van der Waals surface area (Å²) < 4.78 is 49.2. The summed E-state index contributed by atoms with van der Waals surface area (Å²) in [5, 5.41) is 0. The normalized spacial score (nSPS) is 11.3. The minimum absolute atomic E-state index is 0.0462. The SMILES string of the molecule is CCOC(=O)C(NS(=O)(=O)c1cc(F)ccc1C)C(=O)OCC. The number of halogens is 1. The molecule has 23 heavy (non-hydrogen) atoms. The highest BCUT2D eigenvalue weighted by atomic mass is 32.2. The Hall–Kier alpha value is -2.00. The van der Waals surface area contributed by atoms with Crippen LogP contribution >= 0.6 is 0 Å². The largest absolute Gasteiger partial charge is 0.464 e. The lowest BCUT2D eigenvalue weighted by atomic mass is 10.2. The van der Waals surface area contributed by atoms with Gasteiger partial charge < -0.3 is 9.47 Å². The van der Waals surface area contributed by atoms with Crippen molar-refractivity contribution in [2.75, 3.05) is 13.2 Å². The van der Waals surface area contributed by atoms with Gasteiger partial charge in [0.1, 0.15) is 5.82 Å². The van der Waals surface area contributed by atoms with E-state index in [1.165, 1.54) is 26.8 Å². The molecule has 0 bridgehead atoms. The van der Waals surface area contributed by atoms with Gasteiger partial charge in [-0.15, -0.1) is 0 Å². The van der Waals surface area contributed by atoms with E-state index >= 15 is 0 Å². The molecule has 0 saturated heterocycles. The number of carbonyl (C=O) groups is 2. The summed E-state index contributed by atoms with van der Waals surface area (Å²) in [4.78, 5) is 23.2. The van der Waals surface area contributed by atoms with Crippen LogP contribution in [-0.2, 0) is 29.1 Å². The van der Waals surface area contributed by atoms with Crippen molar-refractivity contribution in [3.05, 3.63) is 29.6 Å². The first kappa shape index (κ1) is 19.0. The number of ether oxygens (including phenoxy) is 2. The average molecular weight is 347 g/mol. The lowest BCUT2D eigenvalue weighted by Crippen LogP contribution is -2.48. The molecular weight excluding hydrogens is 329 g/mol. The van der Waals surface area contributed by atoms with Gasteiger partial charge >= 0.3 is 11.9 Å². The van der Waals surface area contributed by atoms with Crippen LogP contribution in [0.3, 0.4) is 0 Å². The molecule has 0 unspecified atom stereocenters. The number of esters is 2. The van der Waals surface area contributed by atoms with Gasteiger partial charge in [0, 0.05) is 0 Å². The Kier molecular flexibility index (Phi) is 6.64. The maximum atomic E-state index is 13.3. The molecule has 0 spiro atoms. The molecule has 1 N–H and O–H groups in total. The van der Waals surface area contributed by atoms with Gasteiger partial charge in [0.15, 0.2) is 0 Å². The van der Waals surface area contributed by atoms with Crippen LogP contribution in [0.5, 0.6) is 0 Å². The first-order chi connectivity index (χ1) is 10.7. The third-order valence-corrected chi connectivity index (χ3v) is 4.32. The van der Waals surface area contributed by atoms with Gasteiger partial charge in [-0.2, -0.15) is 4.72 Å². The summed E-state index contributed by atoms with van der Waals surface area (Å²) in [7, 11) is -4.33. The van der Waals surface area contributed by atoms with Crippen molar-refractivity contribution in [2.24, 2.45) is 0 Å². The van der Waals surface area contributed by atoms with Gasteiger partial charge in [-0.25, -0.2) is 22.4 Å². The maximum absolute atomic E-state index is 13.3. The van der Waals surface area contributed by atoms with E-state index in [4.69, 9.17) is 0 Å². The quantitative estimate of drug-likeness (QED) is 0.581. The van der Waals surface area contributed by atoms with E-state index in [0.717, 1.165) is 12.1 Å². The van der Waals surface area contributed by atoms with Crippen LogP contribution in [-0.4, -0.2) is 39.6 Å². The number of hydrogen-bond donors (Lipinski definition) is 1. The summed E-state index contributed by atoms with van der Waals surface area (Å²) in [5.74, 6) is -2.95. The predicted octanol–water partition coefficient (Wildman–Crippen LogP) is 0.907. The lowest BCUT2D eigenvalue weighted by Gasteiger charge is -2.17. The summed E-state index contributed by atoms with van der Waals surface area (Å²) in [5.41, 5.74) is 0.255. The van der Waals surface area contributed by atoms with Crippen LogP contribution < -0.4 is 4.72 Å². The zero-order chi connectivity index (χ0) is 17.6. The third kappa shape index (κ3) is 5.00. The van der Waals surface area contributed by atoms with Crippen molar-refractivity contribution in [3.63, 3.8) is 0 Å². The first-order valence-electron chi connectivity index (χ1n) is 6.84. The van der Waals surface area contributed by atoms with Crippen LogP contribution in [0.1, 0.15) is 19.4 Å². The fourth-order valence-electron chi connectivity index (χ4n) is 1.73. The Labute approximate surface area is 133 Å². The van der Waals surface area contributed by atoms with Gasteiger partial charge in [0.25, 0.3) is 0 Å². The smallest absolute Gasteiger partial charge is 0.335 e. The molecule has 1 aromatic carbocycles. The minimum atomic E-state index is -4.33. The van der Waals surface area contributed by atoms with Crippen LogP contribution in [0.15, 0.2) is 23.1 Å². The third-order valence-electron chi connectivity index (χ3n) is 2.76. The molecule has 1 aromatic rings. The monoisotopic (exact) mass is 347 g/mol. The number of carbonyl (C=O) groups excluding carboxylic acids is 2. The van der Waals surface area contributed by atoms with E-state index in [9.17, 15) is 22.4 Å². The second-order valence-corrected chi connectivity index (χ2v) is 6.15. The summed E-state index contributed by atoms with van der Waals surface area (Å²) in [6.45, 7) is 4.37. The molecule has 0 aliphatic heterocycles. The summed E-state index contributed by atoms with van der Waals surface area (Å²) >= 11 is 0. The van der Waals surface area contributed by atoms with Crippen molar-refractivity contribution >= 4 is 22.0 Å². The topological polar surface area (TPSA) is 98.8 Å². The highest BCUT2D eigenvalue weighted by Crippen LogP contribution is 2.17. The fourth-order valence-corrected chi connectivity index (χ4v) is 3.12. The van der Waals surface area contributed by atoms with Gasteiger partial charge in [0.2, 0.25) is 16.1 Å². The Morgan fingerprint density at radius 1 is 1.17 bits per heavy atom. The van der Waals surface area contributed by atoms with Crippen molar-refractivity contribution < 1.29 is 31.9 Å². The molecule has 7 nitrogen and oxygen atoms in total. The zero-order valence-corrected chi connectivity index (χ0v) is 13.8. The van der Waals surface area contributed by atoms with E-state index < -0.39 is 33.8 Å². The van der Waals surface area contributed by atoms with Gasteiger partial charge in [-0.1, -0.05) is 6.07 Å². The molecule has 0 fully saturated rings. The zero-order valence-electron chi connectivity index (χ0n) is 13.0. The number of nitrogens with one attached hydrogen (secondary N) is 1. The Balaban J connectivity index is 3.17. The Bertz CT molecular complexity index is 671. The molecule has 0 amide bonds. The highest BCUT2D eigenvalue weighted by Gasteiger charge is 2.35. The van der Waals surface area contributed by atoms with Crippen molar-refractivity contribution in [1.82, 2.24) is 4.72 Å². The van der Waals surface area contributed by atoms with Gasteiger partial charge in [0.05, 0.1) is 18.1 Å². The number of rotatable bonds is 7. The molecule has 1 rings (SSSR count). The first-order valence-corrected chi connectivity index (χ1v) is 8.33. The Morgan fingerprint density at radius 3 is 2.17 bits per heavy atom. The van der Waals surface area contributed by atoms with E-state index in [1.807, 2.05) is 4.72 Å². The number of sulfonamides is 1. The molecule has 0 aliphatic rings. The number of aryl methyl sites for hydroxylation is 1. The van der Waals surface area contributed by atoms with Crippen LogP contribution in [0.4, 0.5) is 4.39 Å². The Morgan fingerprint density at radius 2 is 1.70 bits per heavy atom. The number of benzene rings is 1. The van der Waals surface area contributed by atoms with Gasteiger partial charge in [-0.05, 0) is 38.5 Å². The highest BCUT2D eigenvalue weighted by molar-refractivity contribution is 7.89. The van der Waals surface area contributed by atoms with Gasteiger partial charge in [-0.3, -0.25) is 0 Å². The molecule has 128 valence electrons. The molecule has 9 heteroatoms. The van der Waals surface area contributed by atoms with E-state index in [-0.39, 0.29) is 23.7 Å². The predicted molar refractivity (Wildman–Crippen MR) is 78.5 cm³/mol. The van der Waals surface area contributed by atoms with E-state index in [1.54, 1.807) is 0 Å². The summed E-state index contributed by atoms with van der Waals surface area (Å²) in [6, 6.07) is 1.31. The summed E-state index contributed by atoms with van der Waals surface area (Å²) in [6.07, 6.45) is 0. The minimum Gasteiger partial charge on any atom is -0.464 e. The number of hydrogen-bond acceptors (Lipinski definition) is 6. The maximum Gasteiger partial charge on any atom is 0.335 e. The second-order valence-electron chi connectivity index (χ2n) is 4.47. The van der Waals surface area contributed by atoms with Crippen molar-refractivity contribution in [2.45, 2.75) is 31.7 Å². The molecular formula is C14H18FNO6S. The second kappa shape index (κ2) is 8.02. The van der Waals surface area contributed by atoms with Crippen molar-refractivity contribution in [3.8, 4) is 0 Å². The lowest BCUT2D eigenvalue weighted by molar-refractivity contribution is -0.157. The molecule has 0 heterocycles. The fraction of sp³-hybridized carbons (Fsp3) is 0.429. The van der Waals surface area contributed by atoms with Crippen LogP contribution in [0.2, 0.25) is 0 Å².